The number of phenolic OH excluding ortho intramolecular Hbond substituents is 3. The molecule has 3 unspecified atom stereocenters. The Morgan fingerprint density at radius 1 is 0.510 bits per heavy atom. The van der Waals surface area contributed by atoms with Crippen molar-refractivity contribution in [3.63, 3.8) is 0 Å². The lowest BCUT2D eigenvalue weighted by Gasteiger charge is -2.21. The fourth-order valence-electron chi connectivity index (χ4n) is 4.55. The summed E-state index contributed by atoms with van der Waals surface area (Å²) in [5.74, 6) is -5.09. The topological polar surface area (TPSA) is 270 Å². The van der Waals surface area contributed by atoms with Crippen molar-refractivity contribution in [3.05, 3.63) is 89.5 Å². The van der Waals surface area contributed by atoms with Crippen molar-refractivity contribution in [1.82, 2.24) is 26.6 Å². The number of aliphatic carboxylic acids is 1. The molecule has 0 aliphatic heterocycles. The highest BCUT2D eigenvalue weighted by molar-refractivity contribution is 5.94. The molecule has 0 aliphatic carbocycles. The smallest absolute Gasteiger partial charge is 0.326 e. The Labute approximate surface area is 280 Å². The molecule has 0 saturated carbocycles. The van der Waals surface area contributed by atoms with Gasteiger partial charge in [0.25, 0.3) is 0 Å². The quantitative estimate of drug-likeness (QED) is 0.0790. The number of carbonyl (C=O) groups is 6. The maximum Gasteiger partial charge on any atom is 0.326 e. The van der Waals surface area contributed by atoms with E-state index in [2.05, 4.69) is 26.6 Å². The Balaban J connectivity index is 1.63. The van der Waals surface area contributed by atoms with Gasteiger partial charge in [-0.25, -0.2) is 4.79 Å². The molecule has 0 aromatic heterocycles. The average Bonchev–Trinajstić information content (AvgIpc) is 3.07. The van der Waals surface area contributed by atoms with Gasteiger partial charge in [-0.15, -0.1) is 0 Å². The zero-order chi connectivity index (χ0) is 35.9. The van der Waals surface area contributed by atoms with Crippen molar-refractivity contribution in [2.45, 2.75) is 37.4 Å². The minimum atomic E-state index is -1.34. The maximum absolute atomic E-state index is 13.2. The molecule has 0 aliphatic rings. The number of nitrogens with one attached hydrogen (secondary N) is 5. The van der Waals surface area contributed by atoms with Gasteiger partial charge in [0.15, 0.2) is 0 Å². The molecule has 0 fully saturated rings. The van der Waals surface area contributed by atoms with Crippen LogP contribution < -0.4 is 32.3 Å². The lowest BCUT2D eigenvalue weighted by Crippen LogP contribution is -2.54. The number of hydrogen-bond acceptors (Lipinski definition) is 10. The number of carbonyl (C=O) groups excluding carboxylic acids is 5. The molecule has 11 N–H and O–H groups in total. The molecule has 16 heteroatoms. The predicted octanol–water partition coefficient (Wildman–Crippen LogP) is -1.44. The van der Waals surface area contributed by atoms with Gasteiger partial charge in [0.1, 0.15) is 35.4 Å². The zero-order valence-electron chi connectivity index (χ0n) is 26.2. The largest absolute Gasteiger partial charge is 0.508 e. The summed E-state index contributed by atoms with van der Waals surface area (Å²) in [6, 6.07) is 13.8. The van der Waals surface area contributed by atoms with Crippen LogP contribution in [-0.4, -0.2) is 93.7 Å². The summed E-state index contributed by atoms with van der Waals surface area (Å²) < 4.78 is 0. The average molecular weight is 679 g/mol. The highest BCUT2D eigenvalue weighted by Crippen LogP contribution is 2.14. The van der Waals surface area contributed by atoms with Crippen molar-refractivity contribution in [2.75, 3.05) is 19.6 Å². The third-order valence-electron chi connectivity index (χ3n) is 7.10. The van der Waals surface area contributed by atoms with E-state index in [0.717, 1.165) is 0 Å². The van der Waals surface area contributed by atoms with Crippen molar-refractivity contribution in [2.24, 2.45) is 5.73 Å². The molecule has 0 radical (unpaired) electrons. The SMILES string of the molecule is NCC(=O)NC(Cc1ccc(O)cc1)C(=O)NCC(=O)NC(Cc1ccc(O)cc1)C(=O)NCC(=O)NC(Cc1ccc(O)cc1)C(=O)O. The number of aromatic hydroxyl groups is 3. The van der Waals surface area contributed by atoms with Crippen LogP contribution in [0.3, 0.4) is 0 Å². The second-order valence-corrected chi connectivity index (χ2v) is 10.9. The van der Waals surface area contributed by atoms with Gasteiger partial charge in [-0.1, -0.05) is 36.4 Å². The molecule has 49 heavy (non-hydrogen) atoms. The highest BCUT2D eigenvalue weighted by Gasteiger charge is 2.26. The second-order valence-electron chi connectivity index (χ2n) is 10.9. The molecule has 3 atom stereocenters. The monoisotopic (exact) mass is 678 g/mol. The van der Waals surface area contributed by atoms with E-state index in [1.165, 1.54) is 60.7 Å². The van der Waals surface area contributed by atoms with Gasteiger partial charge >= 0.3 is 5.97 Å². The van der Waals surface area contributed by atoms with Gasteiger partial charge in [0, 0.05) is 19.3 Å². The number of nitrogens with two attached hydrogens (primary N) is 1. The molecular weight excluding hydrogens is 640 g/mol. The first kappa shape index (κ1) is 37.3. The highest BCUT2D eigenvalue weighted by atomic mass is 16.4. The number of amides is 5. The number of phenols is 3. The molecule has 3 aromatic rings. The Hall–Kier alpha value is -6.16. The maximum atomic E-state index is 13.2. The van der Waals surface area contributed by atoms with E-state index < -0.39 is 66.7 Å². The van der Waals surface area contributed by atoms with Crippen molar-refractivity contribution in [3.8, 4) is 17.2 Å². The summed E-state index contributed by atoms with van der Waals surface area (Å²) in [6.45, 7) is -1.61. The first-order valence-corrected chi connectivity index (χ1v) is 15.0. The summed E-state index contributed by atoms with van der Waals surface area (Å²) in [7, 11) is 0. The van der Waals surface area contributed by atoms with E-state index in [4.69, 9.17) is 5.73 Å². The Kier molecular flexibility index (Phi) is 13.9. The van der Waals surface area contributed by atoms with E-state index in [-0.39, 0.29) is 43.1 Å². The van der Waals surface area contributed by atoms with Gasteiger partial charge in [-0.2, -0.15) is 0 Å². The van der Waals surface area contributed by atoms with Crippen LogP contribution in [0.4, 0.5) is 0 Å². The number of carboxylic acids is 1. The Morgan fingerprint density at radius 2 is 0.816 bits per heavy atom. The molecule has 260 valence electrons. The van der Waals surface area contributed by atoms with Crippen LogP contribution in [-0.2, 0) is 48.0 Å². The summed E-state index contributed by atoms with van der Waals surface area (Å²) in [5, 5.41) is 50.2. The van der Waals surface area contributed by atoms with E-state index in [0.29, 0.717) is 16.7 Å². The third kappa shape index (κ3) is 12.9. The number of carboxylic acid groups (broad SMARTS) is 1. The normalized spacial score (nSPS) is 12.4. The lowest BCUT2D eigenvalue weighted by atomic mass is 10.0. The minimum absolute atomic E-state index is 0.00834. The Bertz CT molecular complexity index is 1610. The summed E-state index contributed by atoms with van der Waals surface area (Å²) >= 11 is 0. The van der Waals surface area contributed by atoms with Crippen LogP contribution >= 0.6 is 0 Å². The standard InChI is InChI=1S/C33H38N6O10/c34-16-28(43)37-25(13-19-1-7-22(40)8-2-19)31(46)35-17-29(44)38-26(14-20-3-9-23(41)10-4-20)32(47)36-18-30(45)39-27(33(48)49)15-21-5-11-24(42)12-6-21/h1-12,25-27,40-42H,13-18,34H2,(H,35,46)(H,36,47)(H,37,43)(H,38,44)(H,39,45)(H,48,49). The van der Waals surface area contributed by atoms with Crippen LogP contribution in [0.2, 0.25) is 0 Å². The number of benzene rings is 3. The van der Waals surface area contributed by atoms with Gasteiger partial charge in [0.05, 0.1) is 19.6 Å². The van der Waals surface area contributed by atoms with Gasteiger partial charge < -0.3 is 52.7 Å². The first-order valence-electron chi connectivity index (χ1n) is 15.0. The minimum Gasteiger partial charge on any atom is -0.508 e. The molecule has 0 saturated heterocycles. The van der Waals surface area contributed by atoms with E-state index in [9.17, 15) is 49.2 Å². The number of hydrogen-bond donors (Lipinski definition) is 10. The summed E-state index contributed by atoms with van der Waals surface area (Å²) in [4.78, 5) is 75.3. The van der Waals surface area contributed by atoms with Crippen LogP contribution in [0.5, 0.6) is 17.2 Å². The molecule has 3 rings (SSSR count). The molecule has 0 bridgehead atoms. The van der Waals surface area contributed by atoms with Crippen LogP contribution in [0.15, 0.2) is 72.8 Å². The van der Waals surface area contributed by atoms with Crippen LogP contribution in [0.25, 0.3) is 0 Å². The first-order chi connectivity index (χ1) is 23.3. The second kappa shape index (κ2) is 18.2. The lowest BCUT2D eigenvalue weighted by molar-refractivity contribution is -0.141. The number of rotatable bonds is 17. The predicted molar refractivity (Wildman–Crippen MR) is 174 cm³/mol. The Morgan fingerprint density at radius 3 is 1.14 bits per heavy atom. The van der Waals surface area contributed by atoms with Crippen LogP contribution in [0.1, 0.15) is 16.7 Å². The van der Waals surface area contributed by atoms with Gasteiger partial charge in [-0.05, 0) is 53.1 Å². The summed E-state index contributed by atoms with van der Waals surface area (Å²) in [6.07, 6.45) is -0.153. The molecule has 0 heterocycles. The summed E-state index contributed by atoms with van der Waals surface area (Å²) in [5.41, 5.74) is 7.04. The molecule has 3 aromatic carbocycles. The molecule has 5 amide bonds. The van der Waals surface area contributed by atoms with E-state index >= 15 is 0 Å². The van der Waals surface area contributed by atoms with Crippen molar-refractivity contribution >= 4 is 35.5 Å². The zero-order valence-corrected chi connectivity index (χ0v) is 26.2. The molecule has 16 nitrogen and oxygen atoms in total. The molecule has 0 spiro atoms. The fourth-order valence-corrected chi connectivity index (χ4v) is 4.55. The molecular formula is C33H38N6O10. The van der Waals surface area contributed by atoms with Gasteiger partial charge in [0.2, 0.25) is 29.5 Å². The fraction of sp³-hybridized carbons (Fsp3) is 0.273. The van der Waals surface area contributed by atoms with E-state index in [1.807, 2.05) is 0 Å². The third-order valence-corrected chi connectivity index (χ3v) is 7.10. The van der Waals surface area contributed by atoms with E-state index in [1.54, 1.807) is 12.1 Å². The van der Waals surface area contributed by atoms with Crippen molar-refractivity contribution in [1.29, 1.82) is 0 Å². The van der Waals surface area contributed by atoms with Crippen molar-refractivity contribution < 1.29 is 49.2 Å². The van der Waals surface area contributed by atoms with Gasteiger partial charge in [-0.3, -0.25) is 24.0 Å². The van der Waals surface area contributed by atoms with Crippen LogP contribution in [0, 0.1) is 0 Å².